The fraction of sp³-hybridized carbons (Fsp3) is 0.500. The van der Waals surface area contributed by atoms with Gasteiger partial charge < -0.3 is 5.32 Å². The van der Waals surface area contributed by atoms with Crippen LogP contribution in [0.2, 0.25) is 0 Å². The zero-order valence-corrected chi connectivity index (χ0v) is 10.5. The lowest BCUT2D eigenvalue weighted by Gasteiger charge is -2.12. The van der Waals surface area contributed by atoms with Crippen molar-refractivity contribution in [1.82, 2.24) is 5.32 Å². The summed E-state index contributed by atoms with van der Waals surface area (Å²) < 4.78 is 1.23. The summed E-state index contributed by atoms with van der Waals surface area (Å²) in [7, 11) is 0. The molecule has 0 heterocycles. The Morgan fingerprint density at radius 2 is 2.07 bits per heavy atom. The van der Waals surface area contributed by atoms with Gasteiger partial charge in [-0.2, -0.15) is 0 Å². The predicted octanol–water partition coefficient (Wildman–Crippen LogP) is 3.24. The Morgan fingerprint density at radius 1 is 1.36 bits per heavy atom. The lowest BCUT2D eigenvalue weighted by Crippen LogP contribution is -2.21. The summed E-state index contributed by atoms with van der Waals surface area (Å²) in [5, 5.41) is 3.37. The third kappa shape index (κ3) is 3.81. The van der Waals surface area contributed by atoms with E-state index in [4.69, 9.17) is 0 Å². The van der Waals surface area contributed by atoms with Gasteiger partial charge in [-0.3, -0.25) is 0 Å². The first-order valence-electron chi connectivity index (χ1n) is 5.18. The third-order valence-electron chi connectivity index (χ3n) is 2.27. The molecular weight excluding hydrogens is 238 g/mol. The highest BCUT2D eigenvalue weighted by molar-refractivity contribution is 9.10. The van der Waals surface area contributed by atoms with E-state index < -0.39 is 0 Å². The molecule has 0 saturated heterocycles. The van der Waals surface area contributed by atoms with Crippen LogP contribution in [0.5, 0.6) is 0 Å². The summed E-state index contributed by atoms with van der Waals surface area (Å²) in [6, 6.07) is 8.45. The van der Waals surface area contributed by atoms with Gasteiger partial charge >= 0.3 is 0 Å². The molecule has 1 unspecified atom stereocenters. The molecule has 1 nitrogen and oxygen atoms in total. The van der Waals surface area contributed by atoms with Crippen molar-refractivity contribution in [3.8, 4) is 0 Å². The highest BCUT2D eigenvalue weighted by Gasteiger charge is 2.05. The fourth-order valence-electron chi connectivity index (χ4n) is 1.50. The second-order valence-electron chi connectivity index (χ2n) is 3.71. The van der Waals surface area contributed by atoms with Crippen molar-refractivity contribution in [3.05, 3.63) is 34.3 Å². The Hall–Kier alpha value is -0.340. The first kappa shape index (κ1) is 11.7. The summed E-state index contributed by atoms with van der Waals surface area (Å²) in [6.45, 7) is 6.57. The van der Waals surface area contributed by atoms with Gasteiger partial charge in [0.2, 0.25) is 0 Å². The molecular formula is C12H18BrN. The minimum Gasteiger partial charge on any atom is -0.317 e. The van der Waals surface area contributed by atoms with Crippen LogP contribution >= 0.6 is 15.9 Å². The molecule has 0 saturated carbocycles. The van der Waals surface area contributed by atoms with Crippen LogP contribution in [0.3, 0.4) is 0 Å². The van der Waals surface area contributed by atoms with E-state index in [1.54, 1.807) is 0 Å². The van der Waals surface area contributed by atoms with Gasteiger partial charge in [0.15, 0.2) is 0 Å². The largest absolute Gasteiger partial charge is 0.317 e. The van der Waals surface area contributed by atoms with E-state index in [9.17, 15) is 0 Å². The van der Waals surface area contributed by atoms with Crippen LogP contribution in [0.1, 0.15) is 19.4 Å². The second-order valence-corrected chi connectivity index (χ2v) is 4.56. The van der Waals surface area contributed by atoms with Gasteiger partial charge in [-0.1, -0.05) is 48.0 Å². The van der Waals surface area contributed by atoms with Crippen molar-refractivity contribution < 1.29 is 0 Å². The Bertz CT molecular complexity index is 273. The highest BCUT2D eigenvalue weighted by atomic mass is 79.9. The molecule has 0 aliphatic rings. The van der Waals surface area contributed by atoms with E-state index >= 15 is 0 Å². The molecule has 2 heteroatoms. The maximum Gasteiger partial charge on any atom is 0.0207 e. The van der Waals surface area contributed by atoms with Crippen LogP contribution in [0, 0.1) is 5.92 Å². The van der Waals surface area contributed by atoms with E-state index in [2.05, 4.69) is 59.4 Å². The molecule has 0 aromatic heterocycles. The van der Waals surface area contributed by atoms with Gasteiger partial charge in [0.25, 0.3) is 0 Å². The predicted molar refractivity (Wildman–Crippen MR) is 65.6 cm³/mol. The lowest BCUT2D eigenvalue weighted by molar-refractivity contribution is 0.521. The van der Waals surface area contributed by atoms with Crippen LogP contribution in [0.25, 0.3) is 0 Å². The zero-order chi connectivity index (χ0) is 10.4. The van der Waals surface area contributed by atoms with Gasteiger partial charge in [0, 0.05) is 4.47 Å². The van der Waals surface area contributed by atoms with Gasteiger partial charge in [-0.25, -0.2) is 0 Å². The molecule has 1 N–H and O–H groups in total. The minimum absolute atomic E-state index is 0.689. The van der Waals surface area contributed by atoms with Crippen molar-refractivity contribution in [2.45, 2.75) is 20.3 Å². The number of rotatable bonds is 5. The molecule has 0 radical (unpaired) electrons. The number of hydrogen-bond donors (Lipinski definition) is 1. The first-order chi connectivity index (χ1) is 6.74. The van der Waals surface area contributed by atoms with Crippen molar-refractivity contribution >= 4 is 15.9 Å². The summed E-state index contributed by atoms with van der Waals surface area (Å²) >= 11 is 3.57. The van der Waals surface area contributed by atoms with E-state index in [0.29, 0.717) is 5.92 Å². The average Bonchev–Trinajstić information content (AvgIpc) is 2.18. The summed E-state index contributed by atoms with van der Waals surface area (Å²) in [5.41, 5.74) is 1.40. The second kappa shape index (κ2) is 6.20. The SMILES string of the molecule is CCNCC(C)Cc1ccccc1Br. The molecule has 14 heavy (non-hydrogen) atoms. The minimum atomic E-state index is 0.689. The van der Waals surface area contributed by atoms with Crippen molar-refractivity contribution in [2.75, 3.05) is 13.1 Å². The average molecular weight is 256 g/mol. The number of benzene rings is 1. The smallest absolute Gasteiger partial charge is 0.0207 e. The first-order valence-corrected chi connectivity index (χ1v) is 5.97. The van der Waals surface area contributed by atoms with Crippen LogP contribution in [0.4, 0.5) is 0 Å². The Labute approximate surface area is 95.0 Å². The third-order valence-corrected chi connectivity index (χ3v) is 3.04. The molecule has 1 aromatic carbocycles. The fourth-order valence-corrected chi connectivity index (χ4v) is 1.95. The molecule has 0 bridgehead atoms. The van der Waals surface area contributed by atoms with Gasteiger partial charge in [-0.05, 0) is 37.1 Å². The summed E-state index contributed by atoms with van der Waals surface area (Å²) in [4.78, 5) is 0. The molecule has 78 valence electrons. The van der Waals surface area contributed by atoms with E-state index in [1.807, 2.05) is 0 Å². The number of halogens is 1. The normalized spacial score (nSPS) is 12.8. The summed E-state index contributed by atoms with van der Waals surface area (Å²) in [5.74, 6) is 0.689. The zero-order valence-electron chi connectivity index (χ0n) is 8.89. The monoisotopic (exact) mass is 255 g/mol. The molecule has 0 fully saturated rings. The molecule has 0 amide bonds. The summed E-state index contributed by atoms with van der Waals surface area (Å²) in [6.07, 6.45) is 1.13. The van der Waals surface area contributed by atoms with E-state index in [-0.39, 0.29) is 0 Å². The lowest BCUT2D eigenvalue weighted by atomic mass is 10.0. The Balaban J connectivity index is 2.47. The molecule has 1 aromatic rings. The molecule has 1 rings (SSSR count). The van der Waals surface area contributed by atoms with Crippen LogP contribution in [-0.4, -0.2) is 13.1 Å². The number of nitrogens with one attached hydrogen (secondary N) is 1. The standard InChI is InChI=1S/C12H18BrN/c1-3-14-9-10(2)8-11-6-4-5-7-12(11)13/h4-7,10,14H,3,8-9H2,1-2H3. The van der Waals surface area contributed by atoms with Crippen molar-refractivity contribution in [3.63, 3.8) is 0 Å². The maximum absolute atomic E-state index is 3.57. The Morgan fingerprint density at radius 3 is 2.71 bits per heavy atom. The highest BCUT2D eigenvalue weighted by Crippen LogP contribution is 2.18. The topological polar surface area (TPSA) is 12.0 Å². The molecule has 0 aliphatic carbocycles. The quantitative estimate of drug-likeness (QED) is 0.852. The van der Waals surface area contributed by atoms with E-state index in [0.717, 1.165) is 19.5 Å². The van der Waals surface area contributed by atoms with Crippen molar-refractivity contribution in [2.24, 2.45) is 5.92 Å². The van der Waals surface area contributed by atoms with Crippen LogP contribution in [-0.2, 0) is 6.42 Å². The molecule has 0 aliphatic heterocycles. The Kier molecular flexibility index (Phi) is 5.20. The molecule has 0 spiro atoms. The van der Waals surface area contributed by atoms with Gasteiger partial charge in [0.1, 0.15) is 0 Å². The van der Waals surface area contributed by atoms with Crippen LogP contribution < -0.4 is 5.32 Å². The van der Waals surface area contributed by atoms with Crippen LogP contribution in [0.15, 0.2) is 28.7 Å². The van der Waals surface area contributed by atoms with Gasteiger partial charge in [0.05, 0.1) is 0 Å². The maximum atomic E-state index is 3.57. The van der Waals surface area contributed by atoms with Gasteiger partial charge in [-0.15, -0.1) is 0 Å². The van der Waals surface area contributed by atoms with E-state index in [1.165, 1.54) is 10.0 Å². The number of hydrogen-bond acceptors (Lipinski definition) is 1. The van der Waals surface area contributed by atoms with Crippen molar-refractivity contribution in [1.29, 1.82) is 0 Å². The molecule has 1 atom stereocenters.